The standard InChI is InChI=1S/C10H5BrFNO3/c11-8-7(10(15)16)5-3-4(12)1-2-6(5)13-9(8)14/h1-3H,(H,13,14)(H,15,16). The van der Waals surface area contributed by atoms with Crippen LogP contribution in [0.3, 0.4) is 0 Å². The number of hydrogen-bond donors (Lipinski definition) is 2. The Kier molecular flexibility index (Phi) is 2.51. The highest BCUT2D eigenvalue weighted by molar-refractivity contribution is 9.10. The van der Waals surface area contributed by atoms with Crippen LogP contribution >= 0.6 is 15.9 Å². The first-order chi connectivity index (χ1) is 7.50. The van der Waals surface area contributed by atoms with Crippen LogP contribution in [0.5, 0.6) is 0 Å². The van der Waals surface area contributed by atoms with Gasteiger partial charge in [0.15, 0.2) is 0 Å². The molecular weight excluding hydrogens is 281 g/mol. The topological polar surface area (TPSA) is 70.2 Å². The van der Waals surface area contributed by atoms with Crippen LogP contribution in [0, 0.1) is 5.82 Å². The van der Waals surface area contributed by atoms with Crippen LogP contribution in [0.15, 0.2) is 27.5 Å². The highest BCUT2D eigenvalue weighted by Crippen LogP contribution is 2.22. The molecule has 0 fully saturated rings. The summed E-state index contributed by atoms with van der Waals surface area (Å²) >= 11 is 2.88. The number of pyridine rings is 1. The van der Waals surface area contributed by atoms with Crippen LogP contribution < -0.4 is 5.56 Å². The number of aromatic amines is 1. The molecule has 4 nitrogen and oxygen atoms in total. The molecule has 0 saturated heterocycles. The average Bonchev–Trinajstić information content (AvgIpc) is 2.20. The Morgan fingerprint density at radius 1 is 1.44 bits per heavy atom. The lowest BCUT2D eigenvalue weighted by molar-refractivity contribution is 0.0698. The second kappa shape index (κ2) is 3.71. The third-order valence-electron chi connectivity index (χ3n) is 2.13. The molecule has 2 rings (SSSR count). The maximum absolute atomic E-state index is 13.0. The first-order valence-electron chi connectivity index (χ1n) is 4.25. The van der Waals surface area contributed by atoms with Crippen LogP contribution in [0.4, 0.5) is 4.39 Å². The van der Waals surface area contributed by atoms with Crippen molar-refractivity contribution in [1.29, 1.82) is 0 Å². The molecule has 0 aliphatic rings. The smallest absolute Gasteiger partial charge is 0.337 e. The summed E-state index contributed by atoms with van der Waals surface area (Å²) < 4.78 is 12.9. The highest BCUT2D eigenvalue weighted by atomic mass is 79.9. The Hall–Kier alpha value is -1.69. The van der Waals surface area contributed by atoms with Gasteiger partial charge in [-0.3, -0.25) is 4.79 Å². The quantitative estimate of drug-likeness (QED) is 0.843. The zero-order valence-electron chi connectivity index (χ0n) is 7.75. The van der Waals surface area contributed by atoms with Crippen molar-refractivity contribution in [3.63, 3.8) is 0 Å². The van der Waals surface area contributed by atoms with Gasteiger partial charge in [0.25, 0.3) is 5.56 Å². The van der Waals surface area contributed by atoms with Gasteiger partial charge in [-0.2, -0.15) is 0 Å². The van der Waals surface area contributed by atoms with E-state index in [0.717, 1.165) is 12.1 Å². The number of carbonyl (C=O) groups is 1. The predicted molar refractivity (Wildman–Crippen MR) is 59.2 cm³/mol. The number of hydrogen-bond acceptors (Lipinski definition) is 2. The second-order valence-electron chi connectivity index (χ2n) is 3.14. The van der Waals surface area contributed by atoms with E-state index in [9.17, 15) is 14.0 Å². The van der Waals surface area contributed by atoms with E-state index in [4.69, 9.17) is 5.11 Å². The summed E-state index contributed by atoms with van der Waals surface area (Å²) in [5.74, 6) is -1.84. The van der Waals surface area contributed by atoms with E-state index in [1.54, 1.807) is 0 Å². The molecule has 0 atom stereocenters. The van der Waals surface area contributed by atoms with Crippen molar-refractivity contribution in [2.24, 2.45) is 0 Å². The number of benzene rings is 1. The summed E-state index contributed by atoms with van der Waals surface area (Å²) in [6.45, 7) is 0. The lowest BCUT2D eigenvalue weighted by atomic mass is 10.1. The summed E-state index contributed by atoms with van der Waals surface area (Å²) in [5, 5.41) is 9.13. The summed E-state index contributed by atoms with van der Waals surface area (Å²) in [4.78, 5) is 24.8. The second-order valence-corrected chi connectivity index (χ2v) is 3.93. The first-order valence-corrected chi connectivity index (χ1v) is 5.04. The predicted octanol–water partition coefficient (Wildman–Crippen LogP) is 2.13. The molecule has 6 heteroatoms. The Morgan fingerprint density at radius 2 is 2.12 bits per heavy atom. The van der Waals surface area contributed by atoms with Crippen LogP contribution in [0.1, 0.15) is 10.4 Å². The number of rotatable bonds is 1. The molecule has 2 aromatic rings. The minimum Gasteiger partial charge on any atom is -0.478 e. The molecule has 0 spiro atoms. The minimum absolute atomic E-state index is 0.113. The highest BCUT2D eigenvalue weighted by Gasteiger charge is 2.16. The molecule has 0 aliphatic carbocycles. The third-order valence-corrected chi connectivity index (χ3v) is 2.89. The van der Waals surface area contributed by atoms with Gasteiger partial charge in [0.05, 0.1) is 10.0 Å². The first kappa shape index (κ1) is 10.8. The largest absolute Gasteiger partial charge is 0.478 e. The van der Waals surface area contributed by atoms with E-state index in [0.29, 0.717) is 0 Å². The molecule has 0 radical (unpaired) electrons. The van der Waals surface area contributed by atoms with E-state index >= 15 is 0 Å². The van der Waals surface area contributed by atoms with Gasteiger partial charge in [-0.15, -0.1) is 0 Å². The van der Waals surface area contributed by atoms with Crippen LogP contribution in [-0.2, 0) is 0 Å². The Bertz CT molecular complexity index is 650. The molecule has 0 unspecified atom stereocenters. The number of carboxylic acids is 1. The Balaban J connectivity index is 3.02. The molecule has 1 aromatic carbocycles. The molecule has 82 valence electrons. The van der Waals surface area contributed by atoms with E-state index in [1.165, 1.54) is 6.07 Å². The Labute approximate surface area is 96.8 Å². The summed E-state index contributed by atoms with van der Waals surface area (Å²) in [6.07, 6.45) is 0. The van der Waals surface area contributed by atoms with Crippen LogP contribution in [0.2, 0.25) is 0 Å². The number of nitrogens with one attached hydrogen (secondary N) is 1. The van der Waals surface area contributed by atoms with E-state index in [-0.39, 0.29) is 20.9 Å². The molecular formula is C10H5BrFNO3. The SMILES string of the molecule is O=C(O)c1c(Br)c(=O)[nH]c2ccc(F)cc12. The maximum Gasteiger partial charge on any atom is 0.337 e. The van der Waals surface area contributed by atoms with E-state index in [1.807, 2.05) is 0 Å². The van der Waals surface area contributed by atoms with Crippen molar-refractivity contribution in [3.8, 4) is 0 Å². The van der Waals surface area contributed by atoms with Gasteiger partial charge < -0.3 is 10.1 Å². The monoisotopic (exact) mass is 285 g/mol. The van der Waals surface area contributed by atoms with Crippen LogP contribution in [0.25, 0.3) is 10.9 Å². The van der Waals surface area contributed by atoms with Gasteiger partial charge in [0, 0.05) is 10.9 Å². The molecule has 2 N–H and O–H groups in total. The average molecular weight is 286 g/mol. The number of aromatic carboxylic acids is 1. The van der Waals surface area contributed by atoms with Gasteiger partial charge in [-0.1, -0.05) is 0 Å². The Morgan fingerprint density at radius 3 is 2.75 bits per heavy atom. The fourth-order valence-corrected chi connectivity index (χ4v) is 1.93. The third kappa shape index (κ3) is 1.61. The summed E-state index contributed by atoms with van der Waals surface area (Å²) in [5.41, 5.74) is -0.512. The molecule has 0 bridgehead atoms. The van der Waals surface area contributed by atoms with Gasteiger partial charge in [0.2, 0.25) is 0 Å². The zero-order chi connectivity index (χ0) is 11.9. The van der Waals surface area contributed by atoms with Gasteiger partial charge in [-0.05, 0) is 34.1 Å². The summed E-state index contributed by atoms with van der Waals surface area (Å²) in [7, 11) is 0. The fourth-order valence-electron chi connectivity index (χ4n) is 1.45. The number of aromatic nitrogens is 1. The van der Waals surface area contributed by atoms with Crippen molar-refractivity contribution in [2.75, 3.05) is 0 Å². The van der Waals surface area contributed by atoms with Gasteiger partial charge in [0.1, 0.15) is 5.82 Å². The fraction of sp³-hybridized carbons (Fsp3) is 0. The molecule has 1 aromatic heterocycles. The number of carboxylic acid groups (broad SMARTS) is 1. The molecule has 0 saturated carbocycles. The summed E-state index contributed by atoms with van der Waals surface area (Å²) in [6, 6.07) is 3.54. The zero-order valence-corrected chi connectivity index (χ0v) is 9.34. The van der Waals surface area contributed by atoms with E-state index < -0.39 is 17.3 Å². The van der Waals surface area contributed by atoms with Crippen molar-refractivity contribution in [2.45, 2.75) is 0 Å². The van der Waals surface area contributed by atoms with Crippen molar-refractivity contribution in [3.05, 3.63) is 44.4 Å². The maximum atomic E-state index is 13.0. The van der Waals surface area contributed by atoms with Crippen molar-refractivity contribution < 1.29 is 14.3 Å². The minimum atomic E-state index is -1.28. The molecule has 0 aliphatic heterocycles. The molecule has 16 heavy (non-hydrogen) atoms. The number of fused-ring (bicyclic) bond motifs is 1. The molecule has 1 heterocycles. The lowest BCUT2D eigenvalue weighted by Gasteiger charge is -2.04. The molecule has 0 amide bonds. The van der Waals surface area contributed by atoms with Crippen molar-refractivity contribution >= 4 is 32.8 Å². The van der Waals surface area contributed by atoms with Crippen molar-refractivity contribution in [1.82, 2.24) is 4.98 Å². The lowest BCUT2D eigenvalue weighted by Crippen LogP contribution is -2.13. The normalized spacial score (nSPS) is 10.6. The van der Waals surface area contributed by atoms with Gasteiger partial charge in [-0.25, -0.2) is 9.18 Å². The van der Waals surface area contributed by atoms with Crippen LogP contribution in [-0.4, -0.2) is 16.1 Å². The number of H-pyrrole nitrogens is 1. The van der Waals surface area contributed by atoms with E-state index in [2.05, 4.69) is 20.9 Å². The van der Waals surface area contributed by atoms with Gasteiger partial charge >= 0.3 is 5.97 Å². The number of halogens is 2.